The van der Waals surface area contributed by atoms with Crippen LogP contribution in [0.5, 0.6) is 11.5 Å². The number of ketones is 1. The minimum Gasteiger partial charge on any atom is -0.508 e. The van der Waals surface area contributed by atoms with E-state index in [1.807, 2.05) is 0 Å². The minimum absolute atomic E-state index is 0.00912. The number of nitrogens with zero attached hydrogens (tertiary/aromatic N) is 1. The predicted octanol–water partition coefficient (Wildman–Crippen LogP) is 5.71. The second-order valence-electron chi connectivity index (χ2n) is 8.73. The van der Waals surface area contributed by atoms with Crippen molar-refractivity contribution in [2.45, 2.75) is 44.2 Å². The number of hydrogen-bond donors (Lipinski definition) is 2. The van der Waals surface area contributed by atoms with Gasteiger partial charge in [-0.05, 0) is 42.7 Å². The average Bonchev–Trinajstić information content (AvgIpc) is 3.37. The summed E-state index contributed by atoms with van der Waals surface area (Å²) >= 11 is 6.15. The van der Waals surface area contributed by atoms with Crippen molar-refractivity contribution in [3.63, 3.8) is 0 Å². The first kappa shape index (κ1) is 22.3. The van der Waals surface area contributed by atoms with E-state index >= 15 is 0 Å². The number of phenols is 1. The van der Waals surface area contributed by atoms with Crippen LogP contribution in [0.1, 0.15) is 54.3 Å². The van der Waals surface area contributed by atoms with Crippen molar-refractivity contribution in [1.82, 2.24) is 4.90 Å². The third-order valence-electron chi connectivity index (χ3n) is 6.63. The molecular weight excluding hydrogens is 458 g/mol. The highest BCUT2D eigenvalue weighted by Crippen LogP contribution is 2.44. The third kappa shape index (κ3) is 3.70. The number of fused-ring (bicyclic) bond motifs is 1. The SMILES string of the molecule is COc1cc(Cl)cc2cc(C(=O)C3=C(O)C(=O)N(C4CCCCC4)C3c3cccc(O)c3)oc12. The molecule has 0 bridgehead atoms. The van der Waals surface area contributed by atoms with Gasteiger partial charge in [0.25, 0.3) is 5.91 Å². The molecule has 2 aliphatic rings. The fourth-order valence-electron chi connectivity index (χ4n) is 5.10. The molecule has 2 aromatic carbocycles. The van der Waals surface area contributed by atoms with Crippen LogP contribution in [0.3, 0.4) is 0 Å². The molecule has 1 aliphatic carbocycles. The van der Waals surface area contributed by atoms with Gasteiger partial charge in [0.05, 0.1) is 18.7 Å². The van der Waals surface area contributed by atoms with Crippen LogP contribution in [-0.2, 0) is 4.79 Å². The number of hydrogen-bond acceptors (Lipinski definition) is 6. The van der Waals surface area contributed by atoms with Crippen molar-refractivity contribution < 1.29 is 29.0 Å². The summed E-state index contributed by atoms with van der Waals surface area (Å²) in [6, 6.07) is 10.2. The molecule has 5 rings (SSSR count). The van der Waals surface area contributed by atoms with Gasteiger partial charge in [-0.1, -0.05) is 43.0 Å². The van der Waals surface area contributed by atoms with Crippen LogP contribution in [0.15, 0.2) is 58.2 Å². The lowest BCUT2D eigenvalue weighted by Crippen LogP contribution is -2.41. The van der Waals surface area contributed by atoms with E-state index in [9.17, 15) is 19.8 Å². The fraction of sp³-hybridized carbons (Fsp3) is 0.308. The highest BCUT2D eigenvalue weighted by atomic mass is 35.5. The molecule has 1 atom stereocenters. The number of methoxy groups -OCH3 is 1. The Hall–Kier alpha value is -3.45. The van der Waals surface area contributed by atoms with Crippen molar-refractivity contribution >= 4 is 34.3 Å². The molecule has 1 aliphatic heterocycles. The second kappa shape index (κ2) is 8.72. The monoisotopic (exact) mass is 481 g/mol. The normalized spacial score (nSPS) is 19.3. The number of carbonyl (C=O) groups excluding carboxylic acids is 2. The summed E-state index contributed by atoms with van der Waals surface area (Å²) in [5.74, 6) is -1.44. The molecule has 2 heterocycles. The first-order valence-corrected chi connectivity index (χ1v) is 11.6. The van der Waals surface area contributed by atoms with Gasteiger partial charge in [-0.3, -0.25) is 9.59 Å². The van der Waals surface area contributed by atoms with E-state index in [1.165, 1.54) is 25.3 Å². The number of amides is 1. The number of benzene rings is 2. The number of furan rings is 1. The average molecular weight is 482 g/mol. The topological polar surface area (TPSA) is 100 Å². The Balaban J connectivity index is 1.62. The number of aliphatic hydroxyl groups excluding tert-OH is 1. The molecule has 0 radical (unpaired) electrons. The van der Waals surface area contributed by atoms with Gasteiger partial charge in [-0.15, -0.1) is 0 Å². The molecule has 176 valence electrons. The first-order chi connectivity index (χ1) is 16.4. The summed E-state index contributed by atoms with van der Waals surface area (Å²) < 4.78 is 11.2. The van der Waals surface area contributed by atoms with Gasteiger partial charge in [0.2, 0.25) is 5.78 Å². The number of halogens is 1. The van der Waals surface area contributed by atoms with E-state index in [1.54, 1.807) is 29.2 Å². The molecule has 2 N–H and O–H groups in total. The highest BCUT2D eigenvalue weighted by Gasteiger charge is 2.47. The van der Waals surface area contributed by atoms with E-state index in [4.69, 9.17) is 20.8 Å². The summed E-state index contributed by atoms with van der Waals surface area (Å²) in [5.41, 5.74) is 0.825. The minimum atomic E-state index is -0.839. The van der Waals surface area contributed by atoms with E-state index in [0.717, 1.165) is 32.1 Å². The molecule has 1 fully saturated rings. The Morgan fingerprint density at radius 1 is 1.12 bits per heavy atom. The smallest absolute Gasteiger partial charge is 0.290 e. The van der Waals surface area contributed by atoms with Gasteiger partial charge in [-0.2, -0.15) is 0 Å². The zero-order chi connectivity index (χ0) is 24.0. The Bertz CT molecular complexity index is 1320. The van der Waals surface area contributed by atoms with E-state index in [2.05, 4.69) is 0 Å². The third-order valence-corrected chi connectivity index (χ3v) is 6.85. The maximum atomic E-state index is 13.7. The van der Waals surface area contributed by atoms with E-state index in [-0.39, 0.29) is 23.1 Å². The van der Waals surface area contributed by atoms with Crippen LogP contribution >= 0.6 is 11.6 Å². The summed E-state index contributed by atoms with van der Waals surface area (Å²) in [6.45, 7) is 0. The number of aromatic hydroxyl groups is 1. The molecule has 3 aromatic rings. The molecule has 1 saturated carbocycles. The van der Waals surface area contributed by atoms with Crippen LogP contribution in [0.25, 0.3) is 11.0 Å². The van der Waals surface area contributed by atoms with Gasteiger partial charge in [0.1, 0.15) is 5.75 Å². The van der Waals surface area contributed by atoms with Gasteiger partial charge < -0.3 is 24.3 Å². The maximum Gasteiger partial charge on any atom is 0.290 e. The molecule has 1 amide bonds. The summed E-state index contributed by atoms with van der Waals surface area (Å²) in [6.07, 6.45) is 4.60. The largest absolute Gasteiger partial charge is 0.508 e. The first-order valence-electron chi connectivity index (χ1n) is 11.3. The molecule has 34 heavy (non-hydrogen) atoms. The number of Topliss-reactive ketones (excluding diaryl/α,β-unsaturated/α-hetero) is 1. The zero-order valence-electron chi connectivity index (χ0n) is 18.6. The van der Waals surface area contributed by atoms with Gasteiger partial charge in [0, 0.05) is 22.5 Å². The van der Waals surface area contributed by atoms with Crippen LogP contribution in [0, 0.1) is 0 Å². The molecule has 0 saturated heterocycles. The maximum absolute atomic E-state index is 13.7. The number of carbonyl (C=O) groups is 2. The van der Waals surface area contributed by atoms with Crippen LogP contribution in [-0.4, -0.2) is 40.0 Å². The van der Waals surface area contributed by atoms with Crippen molar-refractivity contribution in [3.05, 3.63) is 70.1 Å². The molecule has 7 nitrogen and oxygen atoms in total. The van der Waals surface area contributed by atoms with Crippen molar-refractivity contribution in [1.29, 1.82) is 0 Å². The highest BCUT2D eigenvalue weighted by molar-refractivity contribution is 6.31. The van der Waals surface area contributed by atoms with Gasteiger partial charge >= 0.3 is 0 Å². The Morgan fingerprint density at radius 3 is 2.59 bits per heavy atom. The van der Waals surface area contributed by atoms with E-state index < -0.39 is 23.5 Å². The van der Waals surface area contributed by atoms with Gasteiger partial charge in [0.15, 0.2) is 22.9 Å². The van der Waals surface area contributed by atoms with Crippen molar-refractivity contribution in [2.24, 2.45) is 0 Å². The molecular formula is C26H24ClNO6. The lowest BCUT2D eigenvalue weighted by molar-refractivity contribution is -0.132. The number of rotatable bonds is 5. The van der Waals surface area contributed by atoms with Crippen molar-refractivity contribution in [2.75, 3.05) is 7.11 Å². The quantitative estimate of drug-likeness (QED) is 0.452. The lowest BCUT2D eigenvalue weighted by atomic mass is 9.90. The van der Waals surface area contributed by atoms with Crippen LogP contribution in [0.4, 0.5) is 0 Å². The molecule has 0 spiro atoms. The summed E-state index contributed by atoms with van der Waals surface area (Å²) in [7, 11) is 1.47. The Morgan fingerprint density at radius 2 is 1.88 bits per heavy atom. The molecule has 1 aromatic heterocycles. The number of ether oxygens (including phenoxy) is 1. The zero-order valence-corrected chi connectivity index (χ0v) is 19.3. The number of aliphatic hydroxyl groups is 1. The Kier molecular flexibility index (Phi) is 5.73. The standard InChI is InChI=1S/C26H24ClNO6/c1-33-20-13-16(27)10-15-12-19(34-25(15)20)23(30)21-22(14-6-5-9-18(29)11-14)28(26(32)24(21)31)17-7-3-2-4-8-17/h5-6,9-13,17,22,29,31H,2-4,7-8H2,1H3. The van der Waals surface area contributed by atoms with Crippen molar-refractivity contribution in [3.8, 4) is 11.5 Å². The summed E-state index contributed by atoms with van der Waals surface area (Å²) in [4.78, 5) is 28.6. The lowest BCUT2D eigenvalue weighted by Gasteiger charge is -2.36. The molecule has 1 unspecified atom stereocenters. The van der Waals surface area contributed by atoms with Crippen LogP contribution < -0.4 is 4.74 Å². The summed E-state index contributed by atoms with van der Waals surface area (Å²) in [5, 5.41) is 22.0. The predicted molar refractivity (Wildman–Crippen MR) is 126 cm³/mol. The number of phenolic OH excluding ortho intramolecular Hbond substituents is 1. The second-order valence-corrected chi connectivity index (χ2v) is 9.17. The molecule has 8 heteroatoms. The Labute approximate surface area is 201 Å². The van der Waals surface area contributed by atoms with Gasteiger partial charge in [-0.25, -0.2) is 0 Å². The van der Waals surface area contributed by atoms with Crippen LogP contribution in [0.2, 0.25) is 5.02 Å². The van der Waals surface area contributed by atoms with E-state index in [0.29, 0.717) is 27.3 Å². The fourth-order valence-corrected chi connectivity index (χ4v) is 5.31.